The number of amidine groups is 1. The molecule has 0 aliphatic carbocycles. The second-order valence-electron chi connectivity index (χ2n) is 5.42. The highest BCUT2D eigenvalue weighted by Gasteiger charge is 2.07. The monoisotopic (exact) mass is 373 g/mol. The molecular formula is C19H23N3O5. The average Bonchev–Trinajstić information content (AvgIpc) is 2.71. The Morgan fingerprint density at radius 2 is 1.78 bits per heavy atom. The molecule has 0 aliphatic heterocycles. The van der Waals surface area contributed by atoms with Gasteiger partial charge in [0.25, 0.3) is 5.91 Å². The Labute approximate surface area is 157 Å². The number of carbonyl (C=O) groups is 1. The van der Waals surface area contributed by atoms with Gasteiger partial charge in [-0.1, -0.05) is 29.4 Å². The summed E-state index contributed by atoms with van der Waals surface area (Å²) in [6.45, 7) is 0.134. The van der Waals surface area contributed by atoms with E-state index >= 15 is 0 Å². The van der Waals surface area contributed by atoms with E-state index in [-0.39, 0.29) is 25.0 Å². The Kier molecular flexibility index (Phi) is 7.77. The van der Waals surface area contributed by atoms with E-state index in [1.165, 1.54) is 0 Å². The van der Waals surface area contributed by atoms with Crippen molar-refractivity contribution < 1.29 is 23.8 Å². The van der Waals surface area contributed by atoms with Gasteiger partial charge in [-0.15, -0.1) is 0 Å². The van der Waals surface area contributed by atoms with Gasteiger partial charge in [-0.3, -0.25) is 4.79 Å². The Bertz CT molecular complexity index is 765. The van der Waals surface area contributed by atoms with Crippen molar-refractivity contribution >= 4 is 11.7 Å². The summed E-state index contributed by atoms with van der Waals surface area (Å²) >= 11 is 0. The number of nitrogens with one attached hydrogen (secondary N) is 1. The molecule has 1 amide bonds. The topological polar surface area (TPSA) is 104 Å². The molecular weight excluding hydrogens is 350 g/mol. The third-order valence-corrected chi connectivity index (χ3v) is 3.45. The first-order valence-electron chi connectivity index (χ1n) is 8.22. The van der Waals surface area contributed by atoms with Crippen molar-refractivity contribution in [2.75, 3.05) is 27.4 Å². The number of oxime groups is 1. The second kappa shape index (κ2) is 10.5. The summed E-state index contributed by atoms with van der Waals surface area (Å²) in [7, 11) is 3.12. The van der Waals surface area contributed by atoms with Crippen molar-refractivity contribution in [2.24, 2.45) is 10.9 Å². The molecule has 8 heteroatoms. The van der Waals surface area contributed by atoms with Gasteiger partial charge in [0, 0.05) is 6.54 Å². The molecule has 0 saturated carbocycles. The largest absolute Gasteiger partial charge is 0.493 e. The number of benzene rings is 2. The molecule has 0 unspecified atom stereocenters. The van der Waals surface area contributed by atoms with Crippen molar-refractivity contribution in [3.8, 4) is 17.2 Å². The number of rotatable bonds is 10. The lowest BCUT2D eigenvalue weighted by Crippen LogP contribution is -2.27. The van der Waals surface area contributed by atoms with Crippen LogP contribution < -0.4 is 25.3 Å². The minimum Gasteiger partial charge on any atom is -0.493 e. The van der Waals surface area contributed by atoms with Crippen LogP contribution in [0, 0.1) is 0 Å². The molecule has 8 nitrogen and oxygen atoms in total. The second-order valence-corrected chi connectivity index (χ2v) is 5.42. The van der Waals surface area contributed by atoms with Crippen molar-refractivity contribution in [3.63, 3.8) is 0 Å². The summed E-state index contributed by atoms with van der Waals surface area (Å²) in [5, 5.41) is 6.37. The van der Waals surface area contributed by atoms with E-state index in [0.29, 0.717) is 23.8 Å². The van der Waals surface area contributed by atoms with Gasteiger partial charge in [-0.25, -0.2) is 0 Å². The number of methoxy groups -OCH3 is 2. The number of nitrogens with two attached hydrogens (primary N) is 1. The van der Waals surface area contributed by atoms with E-state index in [1.54, 1.807) is 38.5 Å². The lowest BCUT2D eigenvalue weighted by Gasteiger charge is -2.10. The Morgan fingerprint density at radius 1 is 1.04 bits per heavy atom. The first-order valence-corrected chi connectivity index (χ1v) is 8.22. The molecule has 0 atom stereocenters. The smallest absolute Gasteiger partial charge is 0.261 e. The van der Waals surface area contributed by atoms with E-state index in [2.05, 4.69) is 10.5 Å². The highest BCUT2D eigenvalue weighted by atomic mass is 16.6. The number of para-hydroxylation sites is 1. The molecule has 144 valence electrons. The van der Waals surface area contributed by atoms with Gasteiger partial charge in [0.15, 0.2) is 23.9 Å². The normalized spacial score (nSPS) is 10.8. The lowest BCUT2D eigenvalue weighted by molar-refractivity contribution is -0.125. The van der Waals surface area contributed by atoms with Gasteiger partial charge >= 0.3 is 0 Å². The van der Waals surface area contributed by atoms with Crippen molar-refractivity contribution in [2.45, 2.75) is 6.54 Å². The third kappa shape index (κ3) is 6.77. The molecule has 0 aliphatic rings. The van der Waals surface area contributed by atoms with Crippen LogP contribution in [0.4, 0.5) is 0 Å². The summed E-state index contributed by atoms with van der Waals surface area (Å²) in [6.07, 6.45) is 0. The zero-order valence-electron chi connectivity index (χ0n) is 15.3. The van der Waals surface area contributed by atoms with Gasteiger partial charge in [-0.05, 0) is 29.8 Å². The summed E-state index contributed by atoms with van der Waals surface area (Å²) < 4.78 is 15.8. The van der Waals surface area contributed by atoms with Crippen LogP contribution in [-0.4, -0.2) is 39.2 Å². The Morgan fingerprint density at radius 3 is 2.48 bits per heavy atom. The number of amides is 1. The van der Waals surface area contributed by atoms with Crippen LogP contribution >= 0.6 is 0 Å². The van der Waals surface area contributed by atoms with E-state index in [1.807, 2.05) is 24.3 Å². The van der Waals surface area contributed by atoms with E-state index in [0.717, 1.165) is 5.56 Å². The fourth-order valence-electron chi connectivity index (χ4n) is 2.12. The predicted molar refractivity (Wildman–Crippen MR) is 101 cm³/mol. The minimum atomic E-state index is -0.328. The van der Waals surface area contributed by atoms with Gasteiger partial charge in [0.05, 0.1) is 14.2 Å². The van der Waals surface area contributed by atoms with Gasteiger partial charge in [0.1, 0.15) is 12.4 Å². The highest BCUT2D eigenvalue weighted by molar-refractivity contribution is 5.81. The zero-order valence-corrected chi connectivity index (χ0v) is 15.3. The average molecular weight is 373 g/mol. The van der Waals surface area contributed by atoms with E-state index < -0.39 is 0 Å². The molecule has 3 N–H and O–H groups in total. The molecule has 2 aromatic rings. The van der Waals surface area contributed by atoms with Gasteiger partial charge in [0.2, 0.25) is 0 Å². The number of nitrogens with zero attached hydrogens (tertiary/aromatic N) is 1. The molecule has 0 aromatic heterocycles. The lowest BCUT2D eigenvalue weighted by atomic mass is 10.2. The molecule has 0 bridgehead atoms. The fraction of sp³-hybridized carbons (Fsp3) is 0.263. The summed E-state index contributed by atoms with van der Waals surface area (Å²) in [5.74, 6) is 1.69. The number of hydrogen-bond donors (Lipinski definition) is 2. The van der Waals surface area contributed by atoms with E-state index in [4.69, 9.17) is 24.8 Å². The van der Waals surface area contributed by atoms with Gasteiger partial charge < -0.3 is 30.1 Å². The van der Waals surface area contributed by atoms with Crippen LogP contribution in [0.15, 0.2) is 53.7 Å². The van der Waals surface area contributed by atoms with Crippen LogP contribution in [0.5, 0.6) is 17.2 Å². The maximum Gasteiger partial charge on any atom is 0.261 e. The van der Waals surface area contributed by atoms with Crippen molar-refractivity contribution in [3.05, 3.63) is 54.1 Å². The van der Waals surface area contributed by atoms with Crippen LogP contribution in [0.3, 0.4) is 0 Å². The predicted octanol–water partition coefficient (Wildman–Crippen LogP) is 1.69. The maximum absolute atomic E-state index is 11.8. The van der Waals surface area contributed by atoms with Crippen LogP contribution in [-0.2, 0) is 16.2 Å². The Balaban J connectivity index is 1.71. The fourth-order valence-corrected chi connectivity index (χ4v) is 2.12. The molecule has 0 radical (unpaired) electrons. The molecule has 2 aromatic carbocycles. The number of hydrogen-bond acceptors (Lipinski definition) is 6. The molecule has 27 heavy (non-hydrogen) atoms. The summed E-state index contributed by atoms with van der Waals surface area (Å²) in [4.78, 5) is 16.8. The van der Waals surface area contributed by atoms with E-state index in [9.17, 15) is 4.79 Å². The molecule has 0 fully saturated rings. The quantitative estimate of drug-likeness (QED) is 0.373. The Hall–Kier alpha value is -3.42. The van der Waals surface area contributed by atoms with Crippen molar-refractivity contribution in [1.82, 2.24) is 5.32 Å². The van der Waals surface area contributed by atoms with Crippen LogP contribution in [0.25, 0.3) is 0 Å². The zero-order chi connectivity index (χ0) is 19.5. The van der Waals surface area contributed by atoms with Gasteiger partial charge in [-0.2, -0.15) is 0 Å². The molecule has 0 spiro atoms. The van der Waals surface area contributed by atoms with Crippen LogP contribution in [0.2, 0.25) is 0 Å². The first kappa shape index (κ1) is 19.9. The minimum absolute atomic E-state index is 0.0667. The molecule has 0 saturated heterocycles. The number of carbonyl (C=O) groups excluding carboxylic acids is 1. The summed E-state index contributed by atoms with van der Waals surface area (Å²) in [6, 6.07) is 14.6. The molecule has 2 rings (SSSR count). The summed E-state index contributed by atoms with van der Waals surface area (Å²) in [5.41, 5.74) is 6.54. The van der Waals surface area contributed by atoms with Crippen LogP contribution in [0.1, 0.15) is 5.56 Å². The molecule has 0 heterocycles. The standard InChI is InChI=1S/C19H23N3O5/c1-24-16-9-8-14(10-17(16)25-2)11-21-19(23)13-27-22-18(20)12-26-15-6-4-3-5-7-15/h3-10H,11-13H2,1-2H3,(H2,20,22)(H,21,23). The van der Waals surface area contributed by atoms with Crippen molar-refractivity contribution in [1.29, 1.82) is 0 Å². The highest BCUT2D eigenvalue weighted by Crippen LogP contribution is 2.27. The first-order chi connectivity index (χ1) is 13.1. The SMILES string of the molecule is COc1ccc(CNC(=O)CO/N=C(/N)COc2ccccc2)cc1OC. The third-order valence-electron chi connectivity index (χ3n) is 3.45. The number of ether oxygens (including phenoxy) is 3. The maximum atomic E-state index is 11.8.